The van der Waals surface area contributed by atoms with Gasteiger partial charge in [0.1, 0.15) is 18.4 Å². The van der Waals surface area contributed by atoms with Gasteiger partial charge in [-0.15, -0.1) is 0 Å². The van der Waals surface area contributed by atoms with Crippen molar-refractivity contribution in [3.63, 3.8) is 0 Å². The number of ether oxygens (including phenoxy) is 1. The number of pyridine rings is 1. The lowest BCUT2D eigenvalue weighted by Gasteiger charge is -2.14. The fourth-order valence-corrected chi connectivity index (χ4v) is 3.46. The highest BCUT2D eigenvalue weighted by Crippen LogP contribution is 2.30. The molecule has 2 heterocycles. The molecule has 4 rings (SSSR count). The zero-order valence-corrected chi connectivity index (χ0v) is 16.4. The second-order valence-electron chi connectivity index (χ2n) is 7.14. The van der Waals surface area contributed by atoms with Crippen molar-refractivity contribution < 1.29 is 9.53 Å². The summed E-state index contributed by atoms with van der Waals surface area (Å²) in [6, 6.07) is 22.6. The van der Waals surface area contributed by atoms with E-state index in [0.29, 0.717) is 28.9 Å². The number of benzene rings is 2. The molecule has 144 valence electrons. The van der Waals surface area contributed by atoms with Gasteiger partial charge in [0.25, 0.3) is 0 Å². The molecule has 0 saturated carbocycles. The van der Waals surface area contributed by atoms with E-state index in [1.165, 1.54) is 0 Å². The topological polar surface area (TPSA) is 57.7 Å². The molecule has 0 aliphatic rings. The Balaban J connectivity index is 1.90. The predicted molar refractivity (Wildman–Crippen MR) is 114 cm³/mol. The molecule has 0 N–H and O–H groups in total. The molecule has 0 aliphatic carbocycles. The fourth-order valence-electron chi connectivity index (χ4n) is 3.46. The van der Waals surface area contributed by atoms with Crippen LogP contribution in [-0.4, -0.2) is 42.3 Å². The highest BCUT2D eigenvalue weighted by Gasteiger charge is 2.19. The Morgan fingerprint density at radius 2 is 1.83 bits per heavy atom. The number of carbonyl (C=O) groups is 1. The first kappa shape index (κ1) is 18.7. The van der Waals surface area contributed by atoms with Crippen LogP contribution in [0.1, 0.15) is 21.6 Å². The Bertz CT molecular complexity index is 1230. The lowest BCUT2D eigenvalue weighted by Crippen LogP contribution is -2.19. The fraction of sp³-hybridized carbons (Fsp3) is 0.167. The van der Waals surface area contributed by atoms with Crippen molar-refractivity contribution in [3.05, 3.63) is 83.6 Å². The Labute approximate surface area is 169 Å². The first-order valence-corrected chi connectivity index (χ1v) is 9.44. The van der Waals surface area contributed by atoms with Crippen molar-refractivity contribution in [2.45, 2.75) is 0 Å². The van der Waals surface area contributed by atoms with E-state index in [1.807, 2.05) is 67.0 Å². The van der Waals surface area contributed by atoms with E-state index < -0.39 is 0 Å². The number of hydrogen-bond donors (Lipinski definition) is 0. The molecule has 0 fully saturated rings. The van der Waals surface area contributed by atoms with Crippen molar-refractivity contribution in [2.24, 2.45) is 0 Å². The number of nitriles is 1. The highest BCUT2D eigenvalue weighted by atomic mass is 16.5. The van der Waals surface area contributed by atoms with Crippen LogP contribution in [0.15, 0.2) is 66.7 Å². The zero-order chi connectivity index (χ0) is 20.4. The maximum absolute atomic E-state index is 13.2. The molecule has 0 atom stereocenters. The van der Waals surface area contributed by atoms with Gasteiger partial charge in [-0.05, 0) is 44.4 Å². The molecule has 4 aromatic rings. The van der Waals surface area contributed by atoms with Crippen molar-refractivity contribution in [1.29, 1.82) is 5.26 Å². The van der Waals surface area contributed by atoms with Gasteiger partial charge in [0.2, 0.25) is 5.78 Å². The van der Waals surface area contributed by atoms with Gasteiger partial charge in [-0.25, -0.2) is 0 Å². The molecule has 0 aliphatic heterocycles. The Hall–Kier alpha value is -3.62. The predicted octanol–water partition coefficient (Wildman–Crippen LogP) is 4.14. The van der Waals surface area contributed by atoms with Gasteiger partial charge < -0.3 is 14.0 Å². The summed E-state index contributed by atoms with van der Waals surface area (Å²) in [5, 5.41) is 10.5. The standard InChI is InChI=1S/C24H21N3O2/c1-26(2)13-14-29-23-10-6-9-21-19(23)11-12-20-18(16-25)15-22(27(20)21)24(28)17-7-4-3-5-8-17/h3-12,15H,13-14H2,1-2H3. The SMILES string of the molecule is CN(C)CCOc1cccc2c1ccc1c(C#N)cc(C(=O)c3ccccc3)n12. The summed E-state index contributed by atoms with van der Waals surface area (Å²) in [6.45, 7) is 1.37. The van der Waals surface area contributed by atoms with Crippen LogP contribution in [0.4, 0.5) is 0 Å². The van der Waals surface area contributed by atoms with Gasteiger partial charge in [-0.2, -0.15) is 5.26 Å². The van der Waals surface area contributed by atoms with Gasteiger partial charge in [0.15, 0.2) is 0 Å². The zero-order valence-electron chi connectivity index (χ0n) is 16.4. The summed E-state index contributed by atoms with van der Waals surface area (Å²) in [5.74, 6) is 0.644. The largest absolute Gasteiger partial charge is 0.492 e. The first-order valence-electron chi connectivity index (χ1n) is 9.44. The molecule has 5 nitrogen and oxygen atoms in total. The number of rotatable bonds is 6. The number of likely N-dealkylation sites (N-methyl/N-ethyl adjacent to an activating group) is 1. The van der Waals surface area contributed by atoms with Gasteiger partial charge in [-0.1, -0.05) is 36.4 Å². The van der Waals surface area contributed by atoms with Gasteiger partial charge in [-0.3, -0.25) is 4.79 Å². The highest BCUT2D eigenvalue weighted by molar-refractivity contribution is 6.10. The average molecular weight is 383 g/mol. The van der Waals surface area contributed by atoms with Crippen LogP contribution in [0, 0.1) is 11.3 Å². The van der Waals surface area contributed by atoms with Crippen LogP contribution in [0.25, 0.3) is 16.4 Å². The molecule has 0 unspecified atom stereocenters. The average Bonchev–Trinajstić information content (AvgIpc) is 3.13. The molecule has 0 radical (unpaired) electrons. The molecule has 0 amide bonds. The minimum absolute atomic E-state index is 0.117. The molecule has 0 saturated heterocycles. The molecule has 0 spiro atoms. The summed E-state index contributed by atoms with van der Waals surface area (Å²) in [7, 11) is 4.00. The van der Waals surface area contributed by atoms with Crippen LogP contribution in [-0.2, 0) is 0 Å². The van der Waals surface area contributed by atoms with Crippen LogP contribution in [0.2, 0.25) is 0 Å². The lowest BCUT2D eigenvalue weighted by atomic mass is 10.1. The van der Waals surface area contributed by atoms with E-state index in [2.05, 4.69) is 11.0 Å². The van der Waals surface area contributed by atoms with Gasteiger partial charge >= 0.3 is 0 Å². The van der Waals surface area contributed by atoms with Crippen LogP contribution in [0.3, 0.4) is 0 Å². The van der Waals surface area contributed by atoms with Crippen molar-refractivity contribution >= 4 is 22.2 Å². The third kappa shape index (κ3) is 3.46. The summed E-state index contributed by atoms with van der Waals surface area (Å²) in [5.41, 5.74) is 3.09. The second kappa shape index (κ2) is 7.78. The van der Waals surface area contributed by atoms with Crippen molar-refractivity contribution in [2.75, 3.05) is 27.2 Å². The van der Waals surface area contributed by atoms with Gasteiger partial charge in [0.05, 0.1) is 22.3 Å². The molecule has 0 bridgehead atoms. The smallest absolute Gasteiger partial charge is 0.209 e. The number of carbonyl (C=O) groups excluding carboxylic acids is 1. The van der Waals surface area contributed by atoms with E-state index in [1.54, 1.807) is 18.2 Å². The molecular weight excluding hydrogens is 362 g/mol. The van der Waals surface area contributed by atoms with Crippen LogP contribution < -0.4 is 4.74 Å². The Morgan fingerprint density at radius 1 is 1.03 bits per heavy atom. The van der Waals surface area contributed by atoms with Crippen molar-refractivity contribution in [3.8, 4) is 11.8 Å². The van der Waals surface area contributed by atoms with Crippen LogP contribution in [0.5, 0.6) is 5.75 Å². The Morgan fingerprint density at radius 3 is 2.55 bits per heavy atom. The lowest BCUT2D eigenvalue weighted by molar-refractivity contribution is 0.103. The third-order valence-corrected chi connectivity index (χ3v) is 4.92. The molecule has 29 heavy (non-hydrogen) atoms. The quantitative estimate of drug-likeness (QED) is 0.470. The number of ketones is 1. The van der Waals surface area contributed by atoms with E-state index >= 15 is 0 Å². The van der Waals surface area contributed by atoms with Crippen LogP contribution >= 0.6 is 0 Å². The summed E-state index contributed by atoms with van der Waals surface area (Å²) < 4.78 is 7.86. The molecule has 5 heteroatoms. The molecular formula is C24H21N3O2. The number of hydrogen-bond acceptors (Lipinski definition) is 4. The molecule has 2 aromatic carbocycles. The van der Waals surface area contributed by atoms with E-state index in [9.17, 15) is 10.1 Å². The third-order valence-electron chi connectivity index (χ3n) is 4.92. The van der Waals surface area contributed by atoms with Crippen molar-refractivity contribution in [1.82, 2.24) is 9.30 Å². The van der Waals surface area contributed by atoms with E-state index in [4.69, 9.17) is 4.74 Å². The number of aromatic nitrogens is 1. The number of nitrogens with zero attached hydrogens (tertiary/aromatic N) is 3. The normalized spacial score (nSPS) is 11.1. The summed E-state index contributed by atoms with van der Waals surface area (Å²) in [4.78, 5) is 15.3. The first-order chi connectivity index (χ1) is 14.1. The summed E-state index contributed by atoms with van der Waals surface area (Å²) >= 11 is 0. The van der Waals surface area contributed by atoms with Gasteiger partial charge in [0, 0.05) is 17.5 Å². The maximum atomic E-state index is 13.2. The monoisotopic (exact) mass is 383 g/mol. The molecule has 2 aromatic heterocycles. The number of fused-ring (bicyclic) bond motifs is 3. The second-order valence-corrected chi connectivity index (χ2v) is 7.14. The maximum Gasteiger partial charge on any atom is 0.209 e. The minimum atomic E-state index is -0.117. The minimum Gasteiger partial charge on any atom is -0.492 e. The Kier molecular flexibility index (Phi) is 5.03. The van der Waals surface area contributed by atoms with E-state index in [0.717, 1.165) is 23.2 Å². The van der Waals surface area contributed by atoms with E-state index in [-0.39, 0.29) is 5.78 Å². The summed E-state index contributed by atoms with van der Waals surface area (Å²) in [6.07, 6.45) is 0.